The molecule has 3 heterocycles. The molecule has 0 spiro atoms. The third-order valence-corrected chi connectivity index (χ3v) is 6.69. The zero-order valence-electron chi connectivity index (χ0n) is 20.0. The van der Waals surface area contributed by atoms with Crippen LogP contribution in [0.3, 0.4) is 0 Å². The van der Waals surface area contributed by atoms with Gasteiger partial charge in [0, 0.05) is 38.3 Å². The Balaban J connectivity index is 1.63. The van der Waals surface area contributed by atoms with Gasteiger partial charge >= 0.3 is 6.36 Å². The van der Waals surface area contributed by atoms with E-state index < -0.39 is 6.36 Å². The molecule has 3 atom stereocenters. The molecule has 1 aromatic carbocycles. The summed E-state index contributed by atoms with van der Waals surface area (Å²) in [5, 5.41) is 19.6. The summed E-state index contributed by atoms with van der Waals surface area (Å²) >= 11 is 0. The summed E-state index contributed by atoms with van der Waals surface area (Å²) < 4.78 is 42.9. The lowest BCUT2D eigenvalue weighted by Crippen LogP contribution is -2.59. The van der Waals surface area contributed by atoms with E-state index in [9.17, 15) is 28.3 Å². The smallest absolute Gasteiger partial charge is 0.406 e. The molecule has 1 fully saturated rings. The molecular weight excluding hydrogens is 475 g/mol. The summed E-state index contributed by atoms with van der Waals surface area (Å²) in [5.41, 5.74) is 2.44. The van der Waals surface area contributed by atoms with Gasteiger partial charge in [-0.3, -0.25) is 9.69 Å². The van der Waals surface area contributed by atoms with Crippen molar-refractivity contribution in [3.8, 4) is 11.8 Å². The molecule has 0 aliphatic carbocycles. The summed E-state index contributed by atoms with van der Waals surface area (Å²) in [7, 11) is 1.64. The van der Waals surface area contributed by atoms with E-state index in [1.54, 1.807) is 31.3 Å². The number of hydrogen-bond donors (Lipinski definition) is 1. The van der Waals surface area contributed by atoms with Crippen LogP contribution in [-0.4, -0.2) is 57.7 Å². The minimum atomic E-state index is -4.75. The molecule has 4 rings (SSSR count). The molecule has 1 unspecified atom stereocenters. The largest absolute Gasteiger partial charge is 0.573 e. The number of nitrogens with zero attached hydrogens (tertiary/aromatic N) is 5. The van der Waals surface area contributed by atoms with Crippen molar-refractivity contribution in [3.63, 3.8) is 0 Å². The molecule has 0 radical (unpaired) electrons. The van der Waals surface area contributed by atoms with Crippen LogP contribution in [0.5, 0.6) is 5.75 Å². The van der Waals surface area contributed by atoms with Gasteiger partial charge in [0.2, 0.25) is 0 Å². The lowest BCUT2D eigenvalue weighted by atomic mass is 9.99. The Bertz CT molecular complexity index is 1350. The highest BCUT2D eigenvalue weighted by atomic mass is 19.4. The van der Waals surface area contributed by atoms with Gasteiger partial charge in [0.15, 0.2) is 0 Å². The molecule has 1 saturated heterocycles. The standard InChI is InChI=1S/C25H26F3N5O3/c1-15-12-33(22-10-23(35)31(3)21-9-6-18(11-29)30-24(21)22)19(14-34)13-32(15)16(2)17-4-7-20(8-5-17)36-25(26,27)28/h4-10,15-16,19,34H,12-14H2,1-3H3/t15-,16?,19-/m1/s1. The Kier molecular flexibility index (Phi) is 6.93. The molecule has 2 aromatic heterocycles. The Morgan fingerprint density at radius 1 is 1.22 bits per heavy atom. The number of ether oxygens (including phenoxy) is 1. The van der Waals surface area contributed by atoms with Crippen molar-refractivity contribution in [2.45, 2.75) is 38.3 Å². The molecule has 11 heteroatoms. The van der Waals surface area contributed by atoms with E-state index in [-0.39, 0.29) is 41.7 Å². The number of anilines is 1. The topological polar surface area (TPSA) is 94.6 Å². The minimum absolute atomic E-state index is 0.0350. The van der Waals surface area contributed by atoms with E-state index in [0.717, 1.165) is 5.56 Å². The number of nitriles is 1. The molecular formula is C25H26F3N5O3. The number of aromatic nitrogens is 2. The summed E-state index contributed by atoms with van der Waals surface area (Å²) in [5.74, 6) is -0.286. The van der Waals surface area contributed by atoms with Gasteiger partial charge in [0.05, 0.1) is 23.9 Å². The monoisotopic (exact) mass is 501 g/mol. The number of rotatable bonds is 5. The normalized spacial score (nSPS) is 19.8. The number of alkyl halides is 3. The summed E-state index contributed by atoms with van der Waals surface area (Å²) in [6, 6.07) is 12.0. The first kappa shape index (κ1) is 25.5. The fraction of sp³-hybridized carbons (Fsp3) is 0.400. The average Bonchev–Trinajstić information content (AvgIpc) is 2.84. The Morgan fingerprint density at radius 3 is 2.53 bits per heavy atom. The number of piperazine rings is 1. The number of halogens is 3. The van der Waals surface area contributed by atoms with Crippen molar-refractivity contribution in [3.05, 3.63) is 64.1 Å². The molecule has 0 amide bonds. The van der Waals surface area contributed by atoms with E-state index >= 15 is 0 Å². The van der Waals surface area contributed by atoms with Crippen LogP contribution >= 0.6 is 0 Å². The van der Waals surface area contributed by atoms with Crippen molar-refractivity contribution in [1.29, 1.82) is 5.26 Å². The van der Waals surface area contributed by atoms with E-state index in [1.165, 1.54) is 22.8 Å². The van der Waals surface area contributed by atoms with Gasteiger partial charge in [-0.2, -0.15) is 5.26 Å². The van der Waals surface area contributed by atoms with Gasteiger partial charge in [-0.25, -0.2) is 4.98 Å². The Morgan fingerprint density at radius 2 is 1.92 bits per heavy atom. The fourth-order valence-electron chi connectivity index (χ4n) is 4.78. The van der Waals surface area contributed by atoms with Crippen molar-refractivity contribution in [2.24, 2.45) is 7.05 Å². The first-order chi connectivity index (χ1) is 17.0. The second kappa shape index (κ2) is 9.79. The quantitative estimate of drug-likeness (QED) is 0.573. The second-order valence-electron chi connectivity index (χ2n) is 8.93. The maximum atomic E-state index is 12.7. The van der Waals surface area contributed by atoms with Crippen LogP contribution < -0.4 is 15.2 Å². The third-order valence-electron chi connectivity index (χ3n) is 6.69. The fourth-order valence-corrected chi connectivity index (χ4v) is 4.78. The molecule has 1 aliphatic rings. The number of fused-ring (bicyclic) bond motifs is 1. The van der Waals surface area contributed by atoms with Crippen LogP contribution in [0.1, 0.15) is 31.1 Å². The summed E-state index contributed by atoms with van der Waals surface area (Å²) in [4.78, 5) is 21.3. The maximum Gasteiger partial charge on any atom is 0.573 e. The predicted octanol–water partition coefficient (Wildman–Crippen LogP) is 3.34. The molecule has 0 saturated carbocycles. The molecule has 3 aromatic rings. The zero-order valence-corrected chi connectivity index (χ0v) is 20.0. The summed E-state index contributed by atoms with van der Waals surface area (Å²) in [6.07, 6.45) is -4.75. The van der Waals surface area contributed by atoms with Crippen molar-refractivity contribution in [1.82, 2.24) is 14.5 Å². The van der Waals surface area contributed by atoms with Crippen LogP contribution in [0, 0.1) is 11.3 Å². The lowest BCUT2D eigenvalue weighted by molar-refractivity contribution is -0.274. The number of pyridine rings is 2. The third kappa shape index (κ3) is 5.01. The van der Waals surface area contributed by atoms with Gasteiger partial charge in [0.1, 0.15) is 23.0 Å². The molecule has 36 heavy (non-hydrogen) atoms. The van der Waals surface area contributed by atoms with Crippen molar-refractivity contribution >= 4 is 16.7 Å². The first-order valence-corrected chi connectivity index (χ1v) is 11.4. The maximum absolute atomic E-state index is 12.7. The number of benzene rings is 1. The predicted molar refractivity (Wildman–Crippen MR) is 128 cm³/mol. The number of hydrogen-bond acceptors (Lipinski definition) is 7. The van der Waals surface area contributed by atoms with Crippen LogP contribution in [0.15, 0.2) is 47.3 Å². The van der Waals surface area contributed by atoms with E-state index in [2.05, 4.69) is 14.6 Å². The summed E-state index contributed by atoms with van der Waals surface area (Å²) in [6.45, 7) is 4.67. The second-order valence-corrected chi connectivity index (χ2v) is 8.93. The zero-order chi connectivity index (χ0) is 26.2. The molecule has 1 N–H and O–H groups in total. The highest BCUT2D eigenvalue weighted by Crippen LogP contribution is 2.33. The van der Waals surface area contributed by atoms with Crippen molar-refractivity contribution < 1.29 is 23.0 Å². The lowest BCUT2D eigenvalue weighted by Gasteiger charge is -2.48. The Labute approximate surface area is 205 Å². The van der Waals surface area contributed by atoms with E-state index in [4.69, 9.17) is 0 Å². The van der Waals surface area contributed by atoms with Gasteiger partial charge in [-0.05, 0) is 43.7 Å². The molecule has 190 valence electrons. The van der Waals surface area contributed by atoms with Gasteiger partial charge in [0.25, 0.3) is 5.56 Å². The average molecular weight is 502 g/mol. The highest BCUT2D eigenvalue weighted by Gasteiger charge is 2.36. The Hall–Kier alpha value is -3.62. The number of aryl methyl sites for hydroxylation is 1. The van der Waals surface area contributed by atoms with Crippen molar-refractivity contribution in [2.75, 3.05) is 24.6 Å². The van der Waals surface area contributed by atoms with E-state index in [0.29, 0.717) is 29.8 Å². The SMILES string of the molecule is CC(c1ccc(OC(F)(F)F)cc1)N1C[C@H](CO)N(c2cc(=O)n(C)c3ccc(C#N)nc23)C[C@H]1C. The molecule has 1 aliphatic heterocycles. The first-order valence-electron chi connectivity index (χ1n) is 11.4. The number of aliphatic hydroxyl groups is 1. The minimum Gasteiger partial charge on any atom is -0.406 e. The number of aliphatic hydroxyl groups excluding tert-OH is 1. The van der Waals surface area contributed by atoms with Crippen LogP contribution in [-0.2, 0) is 7.05 Å². The van der Waals surface area contributed by atoms with Gasteiger partial charge < -0.3 is 19.3 Å². The van der Waals surface area contributed by atoms with Crippen LogP contribution in [0.4, 0.5) is 18.9 Å². The molecule has 0 bridgehead atoms. The van der Waals surface area contributed by atoms with Crippen LogP contribution in [0.25, 0.3) is 11.0 Å². The van der Waals surface area contributed by atoms with Crippen LogP contribution in [0.2, 0.25) is 0 Å². The van der Waals surface area contributed by atoms with Gasteiger partial charge in [-0.15, -0.1) is 13.2 Å². The highest BCUT2D eigenvalue weighted by molar-refractivity contribution is 5.89. The van der Waals surface area contributed by atoms with E-state index in [1.807, 2.05) is 24.8 Å². The molecule has 8 nitrogen and oxygen atoms in total. The van der Waals surface area contributed by atoms with Gasteiger partial charge in [-0.1, -0.05) is 12.1 Å².